The molecule has 0 aromatic rings. The van der Waals surface area contributed by atoms with Crippen LogP contribution in [0.3, 0.4) is 0 Å². The second-order valence-corrected chi connectivity index (χ2v) is 2.49. The third kappa shape index (κ3) is 2.51. The van der Waals surface area contributed by atoms with Crippen molar-refractivity contribution in [2.45, 2.75) is 26.3 Å². The van der Waals surface area contributed by atoms with Crippen LogP contribution in [-0.4, -0.2) is 6.04 Å². The molecule has 0 aliphatic heterocycles. The second-order valence-electron chi connectivity index (χ2n) is 2.49. The average Bonchev–Trinajstić information content (AvgIpc) is 1.84. The first-order valence-electron chi connectivity index (χ1n) is 3.29. The Labute approximate surface area is 56.9 Å². The molecular formula is C7H16N2. The van der Waals surface area contributed by atoms with Gasteiger partial charge in [0.25, 0.3) is 0 Å². The van der Waals surface area contributed by atoms with E-state index in [0.29, 0.717) is 11.6 Å². The molecule has 0 saturated carbocycles. The van der Waals surface area contributed by atoms with Crippen molar-refractivity contribution < 1.29 is 0 Å². The molecule has 0 amide bonds. The van der Waals surface area contributed by atoms with E-state index < -0.39 is 0 Å². The van der Waals surface area contributed by atoms with Gasteiger partial charge in [0.2, 0.25) is 0 Å². The van der Waals surface area contributed by atoms with Gasteiger partial charge >= 0.3 is 0 Å². The quantitative estimate of drug-likeness (QED) is 0.591. The Kier molecular flexibility index (Phi) is 3.32. The van der Waals surface area contributed by atoms with E-state index in [-0.39, 0.29) is 6.04 Å². The Balaban J connectivity index is 3.72. The van der Waals surface area contributed by atoms with Gasteiger partial charge in [-0.3, -0.25) is 0 Å². The van der Waals surface area contributed by atoms with Crippen LogP contribution >= 0.6 is 0 Å². The van der Waals surface area contributed by atoms with Gasteiger partial charge in [-0.2, -0.15) is 0 Å². The van der Waals surface area contributed by atoms with E-state index in [1.54, 1.807) is 0 Å². The molecular weight excluding hydrogens is 112 g/mol. The van der Waals surface area contributed by atoms with Gasteiger partial charge in [-0.1, -0.05) is 26.8 Å². The molecule has 0 unspecified atom stereocenters. The highest BCUT2D eigenvalue weighted by Crippen LogP contribution is 2.07. The van der Waals surface area contributed by atoms with Gasteiger partial charge in [0.05, 0.1) is 0 Å². The first-order chi connectivity index (χ1) is 4.09. The predicted molar refractivity (Wildman–Crippen MR) is 40.8 cm³/mol. The zero-order valence-corrected chi connectivity index (χ0v) is 6.22. The van der Waals surface area contributed by atoms with E-state index in [4.69, 9.17) is 11.5 Å². The van der Waals surface area contributed by atoms with Crippen molar-refractivity contribution in [2.24, 2.45) is 17.4 Å². The Bertz CT molecular complexity index is 99.1. The SMILES string of the molecule is C=C(N)[C@@H](N)[C@@H](C)CC. The molecule has 4 N–H and O–H groups in total. The lowest BCUT2D eigenvalue weighted by molar-refractivity contribution is 0.484. The Hall–Kier alpha value is -0.500. The summed E-state index contributed by atoms with van der Waals surface area (Å²) in [5.74, 6) is 0.447. The molecule has 0 bridgehead atoms. The van der Waals surface area contributed by atoms with Crippen LogP contribution in [0.15, 0.2) is 12.3 Å². The monoisotopic (exact) mass is 128 g/mol. The van der Waals surface area contributed by atoms with Crippen LogP contribution in [0.5, 0.6) is 0 Å². The minimum absolute atomic E-state index is 0.0324. The highest BCUT2D eigenvalue weighted by atomic mass is 14.7. The first kappa shape index (κ1) is 8.50. The molecule has 0 aliphatic carbocycles. The van der Waals surface area contributed by atoms with Gasteiger partial charge in [0.15, 0.2) is 0 Å². The summed E-state index contributed by atoms with van der Waals surface area (Å²) in [7, 11) is 0. The zero-order valence-electron chi connectivity index (χ0n) is 6.22. The summed E-state index contributed by atoms with van der Waals surface area (Å²) in [6, 6.07) is -0.0324. The van der Waals surface area contributed by atoms with Crippen molar-refractivity contribution in [3.63, 3.8) is 0 Å². The molecule has 2 nitrogen and oxygen atoms in total. The molecule has 0 spiro atoms. The van der Waals surface area contributed by atoms with Gasteiger partial charge in [-0.25, -0.2) is 0 Å². The van der Waals surface area contributed by atoms with Crippen LogP contribution in [0.4, 0.5) is 0 Å². The number of hydrogen-bond acceptors (Lipinski definition) is 2. The molecule has 0 rings (SSSR count). The maximum Gasteiger partial charge on any atom is 0.0462 e. The largest absolute Gasteiger partial charge is 0.401 e. The normalized spacial score (nSPS) is 16.8. The molecule has 0 aromatic carbocycles. The fourth-order valence-electron chi connectivity index (χ4n) is 0.619. The molecule has 0 saturated heterocycles. The summed E-state index contributed by atoms with van der Waals surface area (Å²) >= 11 is 0. The van der Waals surface area contributed by atoms with E-state index in [2.05, 4.69) is 20.4 Å². The van der Waals surface area contributed by atoms with E-state index in [1.165, 1.54) is 0 Å². The van der Waals surface area contributed by atoms with Crippen LogP contribution in [0.25, 0.3) is 0 Å². The topological polar surface area (TPSA) is 52.0 Å². The van der Waals surface area contributed by atoms with Gasteiger partial charge in [0.1, 0.15) is 0 Å². The summed E-state index contributed by atoms with van der Waals surface area (Å²) in [5, 5.41) is 0. The molecule has 0 radical (unpaired) electrons. The minimum atomic E-state index is -0.0324. The molecule has 2 heteroatoms. The fraction of sp³-hybridized carbons (Fsp3) is 0.714. The van der Waals surface area contributed by atoms with Crippen LogP contribution in [0, 0.1) is 5.92 Å². The smallest absolute Gasteiger partial charge is 0.0462 e. The van der Waals surface area contributed by atoms with Crippen molar-refractivity contribution in [1.82, 2.24) is 0 Å². The number of hydrogen-bond donors (Lipinski definition) is 2. The van der Waals surface area contributed by atoms with E-state index in [1.807, 2.05) is 0 Å². The van der Waals surface area contributed by atoms with Gasteiger partial charge in [0, 0.05) is 11.7 Å². The minimum Gasteiger partial charge on any atom is -0.401 e. The van der Waals surface area contributed by atoms with Gasteiger partial charge in [-0.05, 0) is 5.92 Å². The van der Waals surface area contributed by atoms with Crippen LogP contribution in [-0.2, 0) is 0 Å². The highest BCUT2D eigenvalue weighted by Gasteiger charge is 2.10. The molecule has 54 valence electrons. The molecule has 0 aromatic heterocycles. The average molecular weight is 128 g/mol. The lowest BCUT2D eigenvalue weighted by Gasteiger charge is -2.17. The van der Waals surface area contributed by atoms with E-state index in [0.717, 1.165) is 6.42 Å². The van der Waals surface area contributed by atoms with Crippen LogP contribution in [0.2, 0.25) is 0 Å². The third-order valence-corrected chi connectivity index (χ3v) is 1.69. The zero-order chi connectivity index (χ0) is 7.44. The first-order valence-corrected chi connectivity index (χ1v) is 3.29. The Morgan fingerprint density at radius 1 is 1.67 bits per heavy atom. The summed E-state index contributed by atoms with van der Waals surface area (Å²) < 4.78 is 0. The summed E-state index contributed by atoms with van der Waals surface area (Å²) in [4.78, 5) is 0. The fourth-order valence-corrected chi connectivity index (χ4v) is 0.619. The van der Waals surface area contributed by atoms with Crippen LogP contribution < -0.4 is 11.5 Å². The third-order valence-electron chi connectivity index (χ3n) is 1.69. The lowest BCUT2D eigenvalue weighted by atomic mass is 9.98. The summed E-state index contributed by atoms with van der Waals surface area (Å²) in [6.07, 6.45) is 1.05. The standard InChI is InChI=1S/C7H16N2/c1-4-5(2)7(9)6(3)8/h5,7H,3-4,8-9H2,1-2H3/t5-,7-/m0/s1. The molecule has 9 heavy (non-hydrogen) atoms. The molecule has 2 atom stereocenters. The molecule has 0 fully saturated rings. The summed E-state index contributed by atoms with van der Waals surface area (Å²) in [6.45, 7) is 7.74. The van der Waals surface area contributed by atoms with E-state index in [9.17, 15) is 0 Å². The maximum absolute atomic E-state index is 5.65. The van der Waals surface area contributed by atoms with Crippen molar-refractivity contribution in [1.29, 1.82) is 0 Å². The lowest BCUT2D eigenvalue weighted by Crippen LogP contribution is -2.33. The van der Waals surface area contributed by atoms with Crippen molar-refractivity contribution in [3.8, 4) is 0 Å². The summed E-state index contributed by atoms with van der Waals surface area (Å²) in [5.41, 5.74) is 11.6. The highest BCUT2D eigenvalue weighted by molar-refractivity contribution is 4.99. The maximum atomic E-state index is 5.65. The number of nitrogens with two attached hydrogens (primary N) is 2. The van der Waals surface area contributed by atoms with Gasteiger partial charge in [-0.15, -0.1) is 0 Å². The van der Waals surface area contributed by atoms with E-state index >= 15 is 0 Å². The molecule has 0 aliphatic rings. The Morgan fingerprint density at radius 3 is 2.22 bits per heavy atom. The Morgan fingerprint density at radius 2 is 2.11 bits per heavy atom. The van der Waals surface area contributed by atoms with Crippen molar-refractivity contribution in [2.75, 3.05) is 0 Å². The van der Waals surface area contributed by atoms with Crippen molar-refractivity contribution >= 4 is 0 Å². The van der Waals surface area contributed by atoms with Crippen molar-refractivity contribution in [3.05, 3.63) is 12.3 Å². The predicted octanol–water partition coefficient (Wildman–Crippen LogP) is 0.832. The van der Waals surface area contributed by atoms with Gasteiger partial charge < -0.3 is 11.5 Å². The number of rotatable bonds is 3. The molecule has 0 heterocycles. The second kappa shape index (κ2) is 3.51. The van der Waals surface area contributed by atoms with Crippen LogP contribution in [0.1, 0.15) is 20.3 Å².